The van der Waals surface area contributed by atoms with Crippen LogP contribution in [-0.4, -0.2) is 31.4 Å². The molecule has 2 atom stereocenters. The summed E-state index contributed by atoms with van der Waals surface area (Å²) in [6, 6.07) is 5.58. The molecule has 4 rings (SSSR count). The maximum atomic E-state index is 13.1. The lowest BCUT2D eigenvalue weighted by Crippen LogP contribution is -2.39. The number of rotatable bonds is 2. The van der Waals surface area contributed by atoms with Gasteiger partial charge >= 0.3 is 5.97 Å². The van der Waals surface area contributed by atoms with Crippen LogP contribution in [-0.2, 0) is 14.3 Å². The molecule has 2 heterocycles. The molecule has 0 amide bonds. The molecule has 0 spiro atoms. The lowest BCUT2D eigenvalue weighted by molar-refractivity contribution is -0.143. The molecule has 1 aliphatic carbocycles. The van der Waals surface area contributed by atoms with Gasteiger partial charge < -0.3 is 14.2 Å². The van der Waals surface area contributed by atoms with Crippen LogP contribution >= 0.6 is 0 Å². The Labute approximate surface area is 158 Å². The van der Waals surface area contributed by atoms with Crippen molar-refractivity contribution in [1.82, 2.24) is 0 Å². The van der Waals surface area contributed by atoms with E-state index in [1.807, 2.05) is 25.1 Å². The summed E-state index contributed by atoms with van der Waals surface area (Å²) in [5.41, 5.74) is 2.79. The number of methoxy groups -OCH3 is 1. The van der Waals surface area contributed by atoms with Gasteiger partial charge in [0.25, 0.3) is 0 Å². The van der Waals surface area contributed by atoms with Crippen molar-refractivity contribution in [3.63, 3.8) is 0 Å². The van der Waals surface area contributed by atoms with Crippen molar-refractivity contribution in [3.05, 3.63) is 35.0 Å². The molecule has 0 saturated heterocycles. The molecule has 6 nitrogen and oxygen atoms in total. The van der Waals surface area contributed by atoms with Crippen LogP contribution in [0.15, 0.2) is 34.5 Å². The Morgan fingerprint density at radius 1 is 1.22 bits per heavy atom. The van der Waals surface area contributed by atoms with E-state index in [1.54, 1.807) is 0 Å². The normalized spacial score (nSPS) is 25.8. The van der Waals surface area contributed by atoms with Crippen LogP contribution in [0.4, 0.5) is 0 Å². The number of Topliss-reactive ketones (excluding diaryl/α,β-unsaturated/α-hetero) is 1. The van der Waals surface area contributed by atoms with Gasteiger partial charge in [-0.1, -0.05) is 19.9 Å². The molecule has 0 saturated carbocycles. The third-order valence-electron chi connectivity index (χ3n) is 5.51. The summed E-state index contributed by atoms with van der Waals surface area (Å²) in [6.45, 7) is 6.14. The first kappa shape index (κ1) is 17.8. The van der Waals surface area contributed by atoms with Crippen molar-refractivity contribution >= 4 is 17.5 Å². The number of esters is 1. The zero-order chi connectivity index (χ0) is 19.3. The Bertz CT molecular complexity index is 896. The molecule has 0 bridgehead atoms. The molecular formula is C21H23NO5. The van der Waals surface area contributed by atoms with Gasteiger partial charge in [-0.25, -0.2) is 0 Å². The zero-order valence-corrected chi connectivity index (χ0v) is 16.0. The van der Waals surface area contributed by atoms with E-state index >= 15 is 0 Å². The first-order valence-electron chi connectivity index (χ1n) is 9.09. The fraction of sp³-hybridized carbons (Fsp3) is 0.476. The van der Waals surface area contributed by atoms with Crippen LogP contribution in [0.3, 0.4) is 0 Å². The molecule has 142 valence electrons. The highest BCUT2D eigenvalue weighted by atomic mass is 16.7. The molecule has 0 N–H and O–H groups in total. The third kappa shape index (κ3) is 2.93. The Morgan fingerprint density at radius 2 is 1.96 bits per heavy atom. The smallest absolute Gasteiger partial charge is 0.315 e. The minimum Gasteiger partial charge on any atom is -0.468 e. The highest BCUT2D eigenvalue weighted by Crippen LogP contribution is 2.49. The second-order valence-corrected chi connectivity index (χ2v) is 8.15. The highest BCUT2D eigenvalue weighted by Gasteiger charge is 2.46. The quantitative estimate of drug-likeness (QED) is 0.747. The van der Waals surface area contributed by atoms with Crippen LogP contribution in [0.5, 0.6) is 11.5 Å². The van der Waals surface area contributed by atoms with E-state index in [0.29, 0.717) is 35.6 Å². The number of ether oxygens (including phenoxy) is 3. The zero-order valence-electron chi connectivity index (χ0n) is 16.0. The number of allylic oxidation sites excluding steroid dienone is 2. The summed E-state index contributed by atoms with van der Waals surface area (Å²) in [6.07, 6.45) is 1.15. The number of nitrogens with zero attached hydrogens (tertiary/aromatic N) is 1. The van der Waals surface area contributed by atoms with Gasteiger partial charge in [-0.3, -0.25) is 14.6 Å². The highest BCUT2D eigenvalue weighted by molar-refractivity contribution is 6.09. The Hall–Kier alpha value is -2.63. The fourth-order valence-corrected chi connectivity index (χ4v) is 4.34. The van der Waals surface area contributed by atoms with Gasteiger partial charge in [0.1, 0.15) is 5.92 Å². The summed E-state index contributed by atoms with van der Waals surface area (Å²) < 4.78 is 16.0. The largest absolute Gasteiger partial charge is 0.468 e. The first-order valence-corrected chi connectivity index (χ1v) is 9.09. The van der Waals surface area contributed by atoms with E-state index < -0.39 is 11.8 Å². The van der Waals surface area contributed by atoms with Gasteiger partial charge in [0.05, 0.1) is 7.11 Å². The number of hydrogen-bond donors (Lipinski definition) is 0. The number of hydrogen-bond acceptors (Lipinski definition) is 6. The van der Waals surface area contributed by atoms with Crippen molar-refractivity contribution in [2.75, 3.05) is 13.9 Å². The van der Waals surface area contributed by atoms with Gasteiger partial charge in [0.2, 0.25) is 6.79 Å². The van der Waals surface area contributed by atoms with Crippen LogP contribution in [0.2, 0.25) is 0 Å². The minimum atomic E-state index is -0.626. The van der Waals surface area contributed by atoms with Crippen molar-refractivity contribution in [2.24, 2.45) is 16.3 Å². The molecule has 6 heteroatoms. The monoisotopic (exact) mass is 369 g/mol. The summed E-state index contributed by atoms with van der Waals surface area (Å²) in [4.78, 5) is 30.4. The number of ketones is 1. The molecule has 1 aromatic rings. The number of fused-ring (bicyclic) bond motifs is 1. The molecular weight excluding hydrogens is 346 g/mol. The molecule has 0 radical (unpaired) electrons. The maximum absolute atomic E-state index is 13.1. The predicted octanol–water partition coefficient (Wildman–Crippen LogP) is 3.41. The summed E-state index contributed by atoms with van der Waals surface area (Å²) in [5.74, 6) is -0.0959. The van der Waals surface area contributed by atoms with Crippen molar-refractivity contribution in [2.45, 2.75) is 39.5 Å². The molecule has 27 heavy (non-hydrogen) atoms. The molecule has 3 aliphatic rings. The lowest BCUT2D eigenvalue weighted by Gasteiger charge is -2.38. The second kappa shape index (κ2) is 6.22. The number of carbonyl (C=O) groups excluding carboxylic acids is 2. The average Bonchev–Trinajstić information content (AvgIpc) is 3.06. The summed E-state index contributed by atoms with van der Waals surface area (Å²) in [7, 11) is 1.36. The summed E-state index contributed by atoms with van der Waals surface area (Å²) >= 11 is 0. The Kier molecular flexibility index (Phi) is 4.09. The molecule has 2 aliphatic heterocycles. The number of carbonyl (C=O) groups is 2. The van der Waals surface area contributed by atoms with E-state index in [2.05, 4.69) is 18.8 Å². The predicted molar refractivity (Wildman–Crippen MR) is 99.0 cm³/mol. The van der Waals surface area contributed by atoms with Crippen LogP contribution in [0.1, 0.15) is 45.1 Å². The van der Waals surface area contributed by atoms with Crippen molar-refractivity contribution in [1.29, 1.82) is 0 Å². The number of benzene rings is 1. The van der Waals surface area contributed by atoms with E-state index in [4.69, 9.17) is 14.2 Å². The lowest BCUT2D eigenvalue weighted by atomic mass is 9.67. The van der Waals surface area contributed by atoms with Gasteiger partial charge in [-0.2, -0.15) is 0 Å². The molecule has 1 unspecified atom stereocenters. The Morgan fingerprint density at radius 3 is 2.70 bits per heavy atom. The van der Waals surface area contributed by atoms with E-state index in [1.165, 1.54) is 7.11 Å². The maximum Gasteiger partial charge on any atom is 0.315 e. The standard InChI is InChI=1S/C21H23NO5/c1-11-17(20(24)25-4)18(12-5-6-15-16(7-12)27-10-26-15)19-13(22-11)8-21(2,3)9-14(19)23/h5-7,17-18H,8-10H2,1-4H3/t17?,18-/m1/s1. The van der Waals surface area contributed by atoms with Crippen LogP contribution in [0.25, 0.3) is 0 Å². The average molecular weight is 369 g/mol. The van der Waals surface area contributed by atoms with Gasteiger partial charge in [0.15, 0.2) is 17.3 Å². The number of aliphatic imine (C=N–C) groups is 1. The van der Waals surface area contributed by atoms with Crippen LogP contribution in [0, 0.1) is 11.3 Å². The topological polar surface area (TPSA) is 74.2 Å². The first-order chi connectivity index (χ1) is 12.8. The molecule has 0 aromatic heterocycles. The van der Waals surface area contributed by atoms with Crippen molar-refractivity contribution < 1.29 is 23.8 Å². The van der Waals surface area contributed by atoms with Crippen molar-refractivity contribution in [3.8, 4) is 11.5 Å². The second-order valence-electron chi connectivity index (χ2n) is 8.15. The van der Waals surface area contributed by atoms with Gasteiger partial charge in [-0.05, 0) is 36.5 Å². The summed E-state index contributed by atoms with van der Waals surface area (Å²) in [5, 5.41) is 0. The van der Waals surface area contributed by atoms with Crippen LogP contribution < -0.4 is 9.47 Å². The third-order valence-corrected chi connectivity index (χ3v) is 5.51. The van der Waals surface area contributed by atoms with E-state index in [9.17, 15) is 9.59 Å². The molecule has 0 fully saturated rings. The fourth-order valence-electron chi connectivity index (χ4n) is 4.34. The van der Waals surface area contributed by atoms with Gasteiger partial charge in [-0.15, -0.1) is 0 Å². The van der Waals surface area contributed by atoms with E-state index in [-0.39, 0.29) is 24.0 Å². The minimum absolute atomic E-state index is 0.0501. The van der Waals surface area contributed by atoms with Gasteiger partial charge in [0, 0.05) is 29.3 Å². The Balaban J connectivity index is 1.88. The SMILES string of the molecule is COC(=O)C1C(C)=NC2=C(C(=O)CC(C)(C)C2)[C@@H]1c1ccc2c(c1)OCO2. The molecule has 1 aromatic carbocycles. The van der Waals surface area contributed by atoms with E-state index in [0.717, 1.165) is 11.3 Å².